The van der Waals surface area contributed by atoms with Crippen molar-refractivity contribution in [2.45, 2.75) is 13.8 Å². The molecule has 10 heteroatoms. The number of carbonyl (C=O) groups is 2. The van der Waals surface area contributed by atoms with Crippen LogP contribution < -0.4 is 5.32 Å². The van der Waals surface area contributed by atoms with Gasteiger partial charge in [0.05, 0.1) is 16.3 Å². The molecule has 0 aliphatic rings. The van der Waals surface area contributed by atoms with Crippen LogP contribution in [0.5, 0.6) is 0 Å². The number of aromatic nitrogens is 2. The van der Waals surface area contributed by atoms with Crippen molar-refractivity contribution in [2.75, 3.05) is 11.9 Å². The molecule has 0 unspecified atom stereocenters. The number of esters is 1. The number of anilines is 1. The van der Waals surface area contributed by atoms with Crippen LogP contribution in [0.25, 0.3) is 10.7 Å². The number of carbonyl (C=O) groups excluding carboxylic acids is 2. The summed E-state index contributed by atoms with van der Waals surface area (Å²) >= 11 is 1.12. The lowest BCUT2D eigenvalue weighted by atomic mass is 10.1. The first-order valence-electron chi connectivity index (χ1n) is 8.46. The Morgan fingerprint density at radius 1 is 1.21 bits per heavy atom. The van der Waals surface area contributed by atoms with Gasteiger partial charge in [0.2, 0.25) is 0 Å². The predicted octanol–water partition coefficient (Wildman–Crippen LogP) is 3.53. The van der Waals surface area contributed by atoms with Crippen LogP contribution in [0.1, 0.15) is 20.9 Å². The molecule has 0 saturated heterocycles. The van der Waals surface area contributed by atoms with Gasteiger partial charge in [0.1, 0.15) is 15.6 Å². The van der Waals surface area contributed by atoms with Crippen molar-refractivity contribution in [1.82, 2.24) is 9.97 Å². The number of amides is 1. The highest BCUT2D eigenvalue weighted by molar-refractivity contribution is 7.17. The summed E-state index contributed by atoms with van der Waals surface area (Å²) in [5.74, 6) is -1.38. The second-order valence-corrected chi connectivity index (χ2v) is 7.00. The van der Waals surface area contributed by atoms with Crippen molar-refractivity contribution in [3.8, 4) is 10.7 Å². The smallest absolute Gasteiger partial charge is 0.350 e. The van der Waals surface area contributed by atoms with E-state index in [0.717, 1.165) is 11.3 Å². The Hall–Kier alpha value is -3.66. The van der Waals surface area contributed by atoms with E-state index in [1.54, 1.807) is 38.2 Å². The summed E-state index contributed by atoms with van der Waals surface area (Å²) < 4.78 is 5.06. The maximum absolute atomic E-state index is 12.3. The van der Waals surface area contributed by atoms with Gasteiger partial charge in [-0.15, -0.1) is 11.3 Å². The lowest BCUT2D eigenvalue weighted by Crippen LogP contribution is -2.21. The van der Waals surface area contributed by atoms with E-state index in [-0.39, 0.29) is 16.3 Å². The fourth-order valence-corrected chi connectivity index (χ4v) is 3.46. The van der Waals surface area contributed by atoms with Crippen LogP contribution >= 0.6 is 11.3 Å². The Balaban J connectivity index is 1.67. The molecule has 1 aromatic carbocycles. The zero-order chi connectivity index (χ0) is 21.0. The number of nitro benzene ring substituents is 1. The lowest BCUT2D eigenvalue weighted by Gasteiger charge is -2.09. The molecule has 2 aromatic heterocycles. The molecule has 0 bridgehead atoms. The van der Waals surface area contributed by atoms with Crippen LogP contribution in [0.2, 0.25) is 0 Å². The molecule has 0 spiro atoms. The summed E-state index contributed by atoms with van der Waals surface area (Å²) in [5, 5.41) is 14.1. The first-order chi connectivity index (χ1) is 13.9. The Labute approximate surface area is 169 Å². The fourth-order valence-electron chi connectivity index (χ4n) is 2.52. The molecular formula is C19H16N4O5S. The first-order valence-corrected chi connectivity index (χ1v) is 9.28. The highest BCUT2D eigenvalue weighted by Gasteiger charge is 2.21. The van der Waals surface area contributed by atoms with E-state index < -0.39 is 23.4 Å². The van der Waals surface area contributed by atoms with Crippen LogP contribution in [-0.4, -0.2) is 33.4 Å². The van der Waals surface area contributed by atoms with Crippen LogP contribution in [0.3, 0.4) is 0 Å². The molecule has 3 rings (SSSR count). The van der Waals surface area contributed by atoms with Gasteiger partial charge in [-0.25, -0.2) is 9.78 Å². The molecule has 29 heavy (non-hydrogen) atoms. The number of nitrogens with one attached hydrogen (secondary N) is 1. The second-order valence-electron chi connectivity index (χ2n) is 6.00. The second kappa shape index (κ2) is 8.57. The zero-order valence-electron chi connectivity index (χ0n) is 15.5. The molecule has 1 N–H and O–H groups in total. The molecule has 0 radical (unpaired) electrons. The Bertz CT molecular complexity index is 1080. The maximum atomic E-state index is 12.3. The number of rotatable bonds is 6. The summed E-state index contributed by atoms with van der Waals surface area (Å²) in [5.41, 5.74) is 1.46. The molecule has 9 nitrogen and oxygen atoms in total. The van der Waals surface area contributed by atoms with Crippen molar-refractivity contribution < 1.29 is 19.2 Å². The highest BCUT2D eigenvalue weighted by atomic mass is 32.1. The summed E-state index contributed by atoms with van der Waals surface area (Å²) in [4.78, 5) is 43.8. The number of pyridine rings is 1. The quantitative estimate of drug-likeness (QED) is 0.373. The standard InChI is InChI=1S/C19H16N4O5S/c1-11-6-5-8-14(23(26)27)16(11)22-15(24)10-28-19(25)17-12(2)21-18(29-17)13-7-3-4-9-20-13/h3-9H,10H2,1-2H3,(H,22,24). The highest BCUT2D eigenvalue weighted by Crippen LogP contribution is 2.28. The van der Waals surface area contributed by atoms with Crippen molar-refractivity contribution in [2.24, 2.45) is 0 Å². The third-order valence-corrected chi connectivity index (χ3v) is 5.07. The molecule has 0 saturated carbocycles. The van der Waals surface area contributed by atoms with Gasteiger partial charge >= 0.3 is 5.97 Å². The minimum absolute atomic E-state index is 0.0740. The number of para-hydroxylation sites is 1. The first kappa shape index (κ1) is 20.1. The minimum atomic E-state index is -0.698. The van der Waals surface area contributed by atoms with Gasteiger partial charge in [0, 0.05) is 12.3 Å². The van der Waals surface area contributed by atoms with E-state index in [2.05, 4.69) is 15.3 Å². The Morgan fingerprint density at radius 3 is 2.69 bits per heavy atom. The summed E-state index contributed by atoms with van der Waals surface area (Å²) in [6.45, 7) is 2.71. The van der Waals surface area contributed by atoms with E-state index in [1.165, 1.54) is 12.1 Å². The van der Waals surface area contributed by atoms with Gasteiger partial charge < -0.3 is 10.1 Å². The van der Waals surface area contributed by atoms with E-state index in [0.29, 0.717) is 22.0 Å². The lowest BCUT2D eigenvalue weighted by molar-refractivity contribution is -0.384. The van der Waals surface area contributed by atoms with E-state index in [9.17, 15) is 19.7 Å². The van der Waals surface area contributed by atoms with Crippen LogP contribution in [0.15, 0.2) is 42.6 Å². The van der Waals surface area contributed by atoms with Gasteiger partial charge in [-0.05, 0) is 31.5 Å². The molecule has 0 aliphatic carbocycles. The number of hydrogen-bond donors (Lipinski definition) is 1. The number of nitro groups is 1. The third kappa shape index (κ3) is 4.61. The number of aryl methyl sites for hydroxylation is 2. The average Bonchev–Trinajstić information content (AvgIpc) is 3.10. The summed E-state index contributed by atoms with van der Waals surface area (Å²) in [6, 6.07) is 9.80. The van der Waals surface area contributed by atoms with Gasteiger partial charge in [0.25, 0.3) is 11.6 Å². The number of thiazole rings is 1. The minimum Gasteiger partial charge on any atom is -0.451 e. The Kier molecular flexibility index (Phi) is 5.93. The van der Waals surface area contributed by atoms with E-state index in [1.807, 2.05) is 6.07 Å². The van der Waals surface area contributed by atoms with Crippen LogP contribution in [0.4, 0.5) is 11.4 Å². The molecule has 2 heterocycles. The Morgan fingerprint density at radius 2 is 2.00 bits per heavy atom. The average molecular weight is 412 g/mol. The maximum Gasteiger partial charge on any atom is 0.350 e. The van der Waals surface area contributed by atoms with Crippen LogP contribution in [-0.2, 0) is 9.53 Å². The molecule has 0 fully saturated rings. The molecule has 148 valence electrons. The molecule has 0 atom stereocenters. The van der Waals surface area contributed by atoms with Gasteiger partial charge in [0.15, 0.2) is 6.61 Å². The van der Waals surface area contributed by atoms with E-state index in [4.69, 9.17) is 4.74 Å². The zero-order valence-corrected chi connectivity index (χ0v) is 16.4. The largest absolute Gasteiger partial charge is 0.451 e. The van der Waals surface area contributed by atoms with Crippen molar-refractivity contribution in [1.29, 1.82) is 0 Å². The van der Waals surface area contributed by atoms with Gasteiger partial charge in [-0.1, -0.05) is 18.2 Å². The third-order valence-electron chi connectivity index (χ3n) is 3.91. The molecule has 0 aliphatic heterocycles. The SMILES string of the molecule is Cc1cccc([N+](=O)[O-])c1NC(=O)COC(=O)c1sc(-c2ccccn2)nc1C. The number of ether oxygens (including phenoxy) is 1. The summed E-state index contributed by atoms with van der Waals surface area (Å²) in [6.07, 6.45) is 1.62. The van der Waals surface area contributed by atoms with Gasteiger partial charge in [-0.3, -0.25) is 19.9 Å². The fraction of sp³-hybridized carbons (Fsp3) is 0.158. The number of nitrogens with zero attached hydrogens (tertiary/aromatic N) is 3. The van der Waals surface area contributed by atoms with Crippen molar-refractivity contribution in [3.63, 3.8) is 0 Å². The van der Waals surface area contributed by atoms with E-state index >= 15 is 0 Å². The number of benzene rings is 1. The summed E-state index contributed by atoms with van der Waals surface area (Å²) in [7, 11) is 0. The molecule has 1 amide bonds. The van der Waals surface area contributed by atoms with Crippen LogP contribution in [0, 0.1) is 24.0 Å². The number of hydrogen-bond acceptors (Lipinski definition) is 8. The topological polar surface area (TPSA) is 124 Å². The normalized spacial score (nSPS) is 10.4. The molecule has 3 aromatic rings. The van der Waals surface area contributed by atoms with Crippen molar-refractivity contribution >= 4 is 34.6 Å². The molecular weight excluding hydrogens is 396 g/mol. The van der Waals surface area contributed by atoms with Gasteiger partial charge in [-0.2, -0.15) is 0 Å². The monoisotopic (exact) mass is 412 g/mol. The predicted molar refractivity (Wildman–Crippen MR) is 107 cm³/mol. The van der Waals surface area contributed by atoms with Crippen molar-refractivity contribution in [3.05, 3.63) is 68.8 Å².